The number of rotatable bonds is 3. The van der Waals surface area contributed by atoms with Crippen LogP contribution in [0.15, 0.2) is 42.5 Å². The van der Waals surface area contributed by atoms with E-state index in [1.54, 1.807) is 0 Å². The molecule has 0 saturated carbocycles. The molecule has 1 saturated heterocycles. The van der Waals surface area contributed by atoms with Crippen LogP contribution in [-0.2, 0) is 0 Å². The summed E-state index contributed by atoms with van der Waals surface area (Å²) in [6, 6.07) is 14.4. The molecule has 5 rings (SSSR count). The van der Waals surface area contributed by atoms with Gasteiger partial charge in [0, 0.05) is 31.9 Å². The van der Waals surface area contributed by atoms with Gasteiger partial charge >= 0.3 is 6.03 Å². The smallest absolute Gasteiger partial charge is 0.321 e. The average Bonchev–Trinajstić information content (AvgIpc) is 3.20. The number of aryl methyl sites for hydroxylation is 5. The van der Waals surface area contributed by atoms with Crippen molar-refractivity contribution in [2.45, 2.75) is 34.6 Å². The second-order valence-corrected chi connectivity index (χ2v) is 9.39. The third-order valence-electron chi connectivity index (χ3n) is 6.76. The van der Waals surface area contributed by atoms with E-state index in [9.17, 15) is 4.79 Å². The molecule has 8 nitrogen and oxygen atoms in total. The highest BCUT2D eigenvalue weighted by Gasteiger charge is 2.26. The first-order valence-electron chi connectivity index (χ1n) is 12.0. The fraction of sp³-hybridized carbons (Fsp3) is 0.333. The van der Waals surface area contributed by atoms with Gasteiger partial charge in [0.25, 0.3) is 0 Å². The fourth-order valence-electron chi connectivity index (χ4n) is 4.65. The summed E-state index contributed by atoms with van der Waals surface area (Å²) in [6.07, 6.45) is 0. The molecule has 1 N–H and O–H groups in total. The second kappa shape index (κ2) is 9.02. The molecule has 1 aliphatic heterocycles. The molecule has 0 aliphatic carbocycles. The second-order valence-electron chi connectivity index (χ2n) is 9.39. The monoisotopic (exact) mass is 469 g/mol. The number of nitrogens with zero attached hydrogens (tertiary/aromatic N) is 6. The van der Waals surface area contributed by atoms with Gasteiger partial charge in [0.05, 0.1) is 22.5 Å². The molecule has 0 atom stereocenters. The molecular formula is C27H31N7O. The number of piperazine rings is 1. The molecule has 0 radical (unpaired) electrons. The van der Waals surface area contributed by atoms with Crippen molar-refractivity contribution in [1.82, 2.24) is 24.9 Å². The largest absolute Gasteiger partial charge is 0.350 e. The fourth-order valence-corrected chi connectivity index (χ4v) is 4.65. The number of benzene rings is 2. The first-order chi connectivity index (χ1) is 16.8. The Bertz CT molecular complexity index is 1400. The maximum atomic E-state index is 12.9. The molecule has 4 aromatic rings. The third kappa shape index (κ3) is 4.32. The van der Waals surface area contributed by atoms with E-state index in [-0.39, 0.29) is 6.03 Å². The normalized spacial score (nSPS) is 14.0. The Kier molecular flexibility index (Phi) is 5.88. The minimum Gasteiger partial charge on any atom is -0.350 e. The highest BCUT2D eigenvalue weighted by molar-refractivity contribution is 5.93. The molecule has 8 heteroatoms. The quantitative estimate of drug-likeness (QED) is 0.470. The number of fused-ring (bicyclic) bond motifs is 1. The molecule has 2 aromatic heterocycles. The van der Waals surface area contributed by atoms with Gasteiger partial charge in [-0.1, -0.05) is 29.8 Å². The minimum atomic E-state index is -0.0713. The number of amides is 2. The third-order valence-corrected chi connectivity index (χ3v) is 6.76. The molecular weight excluding hydrogens is 438 g/mol. The maximum Gasteiger partial charge on any atom is 0.321 e. The lowest BCUT2D eigenvalue weighted by Crippen LogP contribution is -2.50. The summed E-state index contributed by atoms with van der Waals surface area (Å²) in [5.74, 6) is 0.772. The zero-order chi connectivity index (χ0) is 24.7. The number of carbonyl (C=O) groups is 1. The van der Waals surface area contributed by atoms with Crippen LogP contribution in [0.2, 0.25) is 0 Å². The summed E-state index contributed by atoms with van der Waals surface area (Å²) in [5, 5.41) is 18.0. The number of anilines is 2. The number of nitrogens with one attached hydrogen (secondary N) is 1. The Labute approximate surface area is 205 Å². The van der Waals surface area contributed by atoms with E-state index in [1.807, 2.05) is 42.5 Å². The van der Waals surface area contributed by atoms with Gasteiger partial charge in [-0.25, -0.2) is 9.48 Å². The average molecular weight is 470 g/mol. The Morgan fingerprint density at radius 2 is 1.54 bits per heavy atom. The highest BCUT2D eigenvalue weighted by Crippen LogP contribution is 2.30. The summed E-state index contributed by atoms with van der Waals surface area (Å²) in [7, 11) is 0. The number of hydrogen-bond acceptors (Lipinski definition) is 5. The topological polar surface area (TPSA) is 79.2 Å². The van der Waals surface area contributed by atoms with Gasteiger partial charge in [0.2, 0.25) is 0 Å². The molecule has 0 spiro atoms. The standard InChI is InChI=1S/C27H31N7O/c1-17-7-10-22(11-8-17)34-21(5)24-20(4)29-30-26(25(24)31-34)32-12-14-33(15-13-32)27(35)28-23-16-18(2)6-9-19(23)3/h6-11,16H,12-15H2,1-5H3,(H,28,35). The zero-order valence-corrected chi connectivity index (χ0v) is 21.0. The zero-order valence-electron chi connectivity index (χ0n) is 21.0. The van der Waals surface area contributed by atoms with E-state index >= 15 is 0 Å². The Balaban J connectivity index is 1.37. The Morgan fingerprint density at radius 1 is 0.857 bits per heavy atom. The number of aromatic nitrogens is 4. The molecule has 1 fully saturated rings. The van der Waals surface area contributed by atoms with E-state index in [2.05, 4.69) is 64.6 Å². The summed E-state index contributed by atoms with van der Waals surface area (Å²) in [4.78, 5) is 17.0. The van der Waals surface area contributed by atoms with Crippen molar-refractivity contribution < 1.29 is 4.79 Å². The SMILES string of the molecule is Cc1ccc(-n2nc3c(N4CCN(C(=O)Nc5cc(C)ccc5C)CC4)nnc(C)c3c2C)cc1. The predicted molar refractivity (Wildman–Crippen MR) is 140 cm³/mol. The van der Waals surface area contributed by atoms with E-state index in [0.717, 1.165) is 50.6 Å². The summed E-state index contributed by atoms with van der Waals surface area (Å²) >= 11 is 0. The van der Waals surface area contributed by atoms with Gasteiger partial charge < -0.3 is 15.1 Å². The summed E-state index contributed by atoms with van der Waals surface area (Å²) in [6.45, 7) is 12.7. The van der Waals surface area contributed by atoms with Crippen LogP contribution in [0.5, 0.6) is 0 Å². The summed E-state index contributed by atoms with van der Waals surface area (Å²) < 4.78 is 1.97. The van der Waals surface area contributed by atoms with Crippen LogP contribution in [-0.4, -0.2) is 57.1 Å². The van der Waals surface area contributed by atoms with Gasteiger partial charge in [-0.05, 0) is 63.9 Å². The van der Waals surface area contributed by atoms with E-state index in [4.69, 9.17) is 5.10 Å². The molecule has 35 heavy (non-hydrogen) atoms. The minimum absolute atomic E-state index is 0.0713. The van der Waals surface area contributed by atoms with Crippen molar-refractivity contribution in [2.75, 3.05) is 36.4 Å². The van der Waals surface area contributed by atoms with Crippen molar-refractivity contribution in [3.63, 3.8) is 0 Å². The van der Waals surface area contributed by atoms with Gasteiger partial charge in [0.15, 0.2) is 5.82 Å². The lowest BCUT2D eigenvalue weighted by molar-refractivity contribution is 0.208. The van der Waals surface area contributed by atoms with Crippen LogP contribution in [0, 0.1) is 34.6 Å². The van der Waals surface area contributed by atoms with Crippen LogP contribution in [0.1, 0.15) is 28.1 Å². The summed E-state index contributed by atoms with van der Waals surface area (Å²) in [5.41, 5.74) is 8.03. The van der Waals surface area contributed by atoms with Crippen LogP contribution in [0.4, 0.5) is 16.3 Å². The molecule has 3 heterocycles. The number of hydrogen-bond donors (Lipinski definition) is 1. The van der Waals surface area contributed by atoms with Crippen molar-refractivity contribution in [2.24, 2.45) is 0 Å². The van der Waals surface area contributed by atoms with Gasteiger partial charge in [-0.15, -0.1) is 5.10 Å². The van der Waals surface area contributed by atoms with E-state index in [1.165, 1.54) is 5.56 Å². The Hall–Kier alpha value is -3.94. The molecule has 180 valence electrons. The first-order valence-corrected chi connectivity index (χ1v) is 12.0. The van der Waals surface area contributed by atoms with Crippen LogP contribution < -0.4 is 10.2 Å². The van der Waals surface area contributed by atoms with Crippen LogP contribution in [0.3, 0.4) is 0 Å². The maximum absolute atomic E-state index is 12.9. The van der Waals surface area contributed by atoms with Gasteiger partial charge in [0.1, 0.15) is 5.52 Å². The molecule has 1 aliphatic rings. The van der Waals surface area contributed by atoms with Crippen LogP contribution >= 0.6 is 0 Å². The van der Waals surface area contributed by atoms with Gasteiger partial charge in [-0.2, -0.15) is 10.2 Å². The van der Waals surface area contributed by atoms with Crippen molar-refractivity contribution in [1.29, 1.82) is 0 Å². The lowest BCUT2D eigenvalue weighted by Gasteiger charge is -2.35. The number of carbonyl (C=O) groups excluding carboxylic acids is 1. The molecule has 0 unspecified atom stereocenters. The van der Waals surface area contributed by atoms with E-state index < -0.39 is 0 Å². The van der Waals surface area contributed by atoms with Crippen molar-refractivity contribution in [3.8, 4) is 5.69 Å². The molecule has 0 bridgehead atoms. The number of urea groups is 1. The first kappa shape index (κ1) is 22.8. The molecule has 2 aromatic carbocycles. The van der Waals surface area contributed by atoms with Crippen LogP contribution in [0.25, 0.3) is 16.6 Å². The predicted octanol–water partition coefficient (Wildman–Crippen LogP) is 4.71. The molecule has 2 amide bonds. The lowest BCUT2D eigenvalue weighted by atomic mass is 10.1. The van der Waals surface area contributed by atoms with Gasteiger partial charge in [-0.3, -0.25) is 0 Å². The Morgan fingerprint density at radius 3 is 2.26 bits per heavy atom. The van der Waals surface area contributed by atoms with Crippen molar-refractivity contribution in [3.05, 3.63) is 70.5 Å². The van der Waals surface area contributed by atoms with Crippen molar-refractivity contribution >= 4 is 28.4 Å². The van der Waals surface area contributed by atoms with E-state index in [0.29, 0.717) is 26.2 Å². The highest BCUT2D eigenvalue weighted by atomic mass is 16.2.